The molecule has 0 atom stereocenters. The van der Waals surface area contributed by atoms with E-state index in [0.717, 1.165) is 33.9 Å². The summed E-state index contributed by atoms with van der Waals surface area (Å²) in [5, 5.41) is 0. The third kappa shape index (κ3) is 3.28. The Morgan fingerprint density at radius 1 is 1.18 bits per heavy atom. The molecule has 1 N–H and O–H groups in total. The standard InChI is InChI=1S/C19H18N4O3S2/c1-13-20-9-10-23(13)16-6-4-3-5-14(16)12-21-28(25,26)15-7-8-17-18(11-15)27-19(24)22(17)2/h3-11,21H,12H2,1-2H3. The van der Waals surface area contributed by atoms with Crippen LogP contribution in [0, 0.1) is 6.92 Å². The molecule has 0 saturated carbocycles. The Balaban J connectivity index is 1.64. The van der Waals surface area contributed by atoms with Crippen molar-refractivity contribution in [2.75, 3.05) is 0 Å². The van der Waals surface area contributed by atoms with Gasteiger partial charge in [-0.2, -0.15) is 0 Å². The summed E-state index contributed by atoms with van der Waals surface area (Å²) in [6, 6.07) is 12.3. The van der Waals surface area contributed by atoms with Crippen LogP contribution >= 0.6 is 11.3 Å². The zero-order chi connectivity index (χ0) is 19.9. The van der Waals surface area contributed by atoms with E-state index >= 15 is 0 Å². The first-order valence-corrected chi connectivity index (χ1v) is 10.8. The van der Waals surface area contributed by atoms with Crippen molar-refractivity contribution in [1.29, 1.82) is 0 Å². The maximum absolute atomic E-state index is 12.8. The molecule has 4 rings (SSSR count). The number of thiazole rings is 1. The van der Waals surface area contributed by atoms with Gasteiger partial charge in [0.05, 0.1) is 20.8 Å². The number of benzene rings is 2. The molecule has 0 aliphatic rings. The number of rotatable bonds is 5. The number of nitrogens with zero attached hydrogens (tertiary/aromatic N) is 3. The molecule has 0 fully saturated rings. The van der Waals surface area contributed by atoms with Crippen LogP contribution in [0.2, 0.25) is 0 Å². The van der Waals surface area contributed by atoms with Gasteiger partial charge < -0.3 is 9.13 Å². The maximum Gasteiger partial charge on any atom is 0.307 e. The van der Waals surface area contributed by atoms with Crippen molar-refractivity contribution in [3.05, 3.63) is 75.9 Å². The summed E-state index contributed by atoms with van der Waals surface area (Å²) in [5.74, 6) is 0.819. The average molecular weight is 415 g/mol. The first-order chi connectivity index (χ1) is 13.4. The zero-order valence-electron chi connectivity index (χ0n) is 15.3. The van der Waals surface area contributed by atoms with E-state index < -0.39 is 10.0 Å². The van der Waals surface area contributed by atoms with Crippen LogP contribution in [0.3, 0.4) is 0 Å². The second-order valence-electron chi connectivity index (χ2n) is 6.35. The Morgan fingerprint density at radius 3 is 2.71 bits per heavy atom. The molecule has 0 bridgehead atoms. The Kier molecular flexibility index (Phi) is 4.66. The summed E-state index contributed by atoms with van der Waals surface area (Å²) in [4.78, 5) is 16.0. The monoisotopic (exact) mass is 414 g/mol. The van der Waals surface area contributed by atoms with Gasteiger partial charge in [-0.25, -0.2) is 18.1 Å². The highest BCUT2D eigenvalue weighted by molar-refractivity contribution is 7.89. The quantitative estimate of drug-likeness (QED) is 0.544. The van der Waals surface area contributed by atoms with Gasteiger partial charge >= 0.3 is 4.87 Å². The van der Waals surface area contributed by atoms with Crippen molar-refractivity contribution < 1.29 is 8.42 Å². The van der Waals surface area contributed by atoms with Gasteiger partial charge in [-0.05, 0) is 36.8 Å². The van der Waals surface area contributed by atoms with Crippen molar-refractivity contribution >= 4 is 31.6 Å². The van der Waals surface area contributed by atoms with Crippen molar-refractivity contribution in [3.8, 4) is 5.69 Å². The minimum Gasteiger partial charge on any atom is -0.304 e. The van der Waals surface area contributed by atoms with Crippen LogP contribution < -0.4 is 9.60 Å². The molecule has 0 amide bonds. The molecule has 0 saturated heterocycles. The third-order valence-corrected chi connectivity index (χ3v) is 7.00. The Morgan fingerprint density at radius 2 is 1.96 bits per heavy atom. The smallest absolute Gasteiger partial charge is 0.304 e. The first-order valence-electron chi connectivity index (χ1n) is 8.54. The molecule has 0 aliphatic heterocycles. The fourth-order valence-corrected chi connectivity index (χ4v) is 5.09. The van der Waals surface area contributed by atoms with Crippen molar-refractivity contribution in [3.63, 3.8) is 0 Å². The number of aromatic nitrogens is 3. The highest BCUT2D eigenvalue weighted by atomic mass is 32.2. The second kappa shape index (κ2) is 7.01. The molecule has 2 aromatic carbocycles. The summed E-state index contributed by atoms with van der Waals surface area (Å²) in [6.07, 6.45) is 3.55. The minimum atomic E-state index is -3.73. The van der Waals surface area contributed by atoms with E-state index in [1.54, 1.807) is 19.3 Å². The SMILES string of the molecule is Cc1nccn1-c1ccccc1CNS(=O)(=O)c1ccc2c(c1)sc(=O)n2C. The van der Waals surface area contributed by atoms with Gasteiger partial charge in [-0.15, -0.1) is 0 Å². The number of para-hydroxylation sites is 1. The van der Waals surface area contributed by atoms with Crippen LogP contribution in [0.15, 0.2) is 64.5 Å². The van der Waals surface area contributed by atoms with Crippen molar-refractivity contribution in [1.82, 2.24) is 18.8 Å². The number of nitrogens with one attached hydrogen (secondary N) is 1. The third-order valence-electron chi connectivity index (χ3n) is 4.60. The summed E-state index contributed by atoms with van der Waals surface area (Å²) < 4.78 is 32.3. The van der Waals surface area contributed by atoms with Gasteiger partial charge in [0, 0.05) is 26.0 Å². The average Bonchev–Trinajstić information content (AvgIpc) is 3.23. The molecule has 0 aliphatic carbocycles. The normalized spacial score (nSPS) is 11.9. The predicted octanol–water partition coefficient (Wildman–Crippen LogP) is 2.57. The van der Waals surface area contributed by atoms with E-state index in [-0.39, 0.29) is 16.3 Å². The molecular formula is C19H18N4O3S2. The van der Waals surface area contributed by atoms with Gasteiger partial charge in [-0.1, -0.05) is 29.5 Å². The molecule has 0 unspecified atom stereocenters. The Hall–Kier alpha value is -2.75. The largest absolute Gasteiger partial charge is 0.307 e. The second-order valence-corrected chi connectivity index (χ2v) is 9.11. The van der Waals surface area contributed by atoms with E-state index in [0.29, 0.717) is 4.70 Å². The van der Waals surface area contributed by atoms with E-state index in [4.69, 9.17) is 0 Å². The van der Waals surface area contributed by atoms with Crippen LogP contribution in [0.1, 0.15) is 11.4 Å². The number of sulfonamides is 1. The molecule has 7 nitrogen and oxygen atoms in total. The fourth-order valence-electron chi connectivity index (χ4n) is 3.07. The lowest BCUT2D eigenvalue weighted by molar-refractivity contribution is 0.581. The lowest BCUT2D eigenvalue weighted by Crippen LogP contribution is -2.24. The fraction of sp³-hybridized carbons (Fsp3) is 0.158. The topological polar surface area (TPSA) is 86.0 Å². The first kappa shape index (κ1) is 18.6. The van der Waals surface area contributed by atoms with E-state index in [1.807, 2.05) is 42.0 Å². The zero-order valence-corrected chi connectivity index (χ0v) is 16.9. The van der Waals surface area contributed by atoms with Gasteiger partial charge in [0.15, 0.2) is 0 Å². The van der Waals surface area contributed by atoms with Crippen LogP contribution in [0.25, 0.3) is 15.9 Å². The number of hydrogen-bond acceptors (Lipinski definition) is 5. The molecule has 0 radical (unpaired) electrons. The predicted molar refractivity (Wildman–Crippen MR) is 109 cm³/mol. The molecule has 2 heterocycles. The van der Waals surface area contributed by atoms with Gasteiger partial charge in [0.25, 0.3) is 0 Å². The summed E-state index contributed by atoms with van der Waals surface area (Å²) in [7, 11) is -2.06. The van der Waals surface area contributed by atoms with Gasteiger partial charge in [0.1, 0.15) is 5.82 Å². The number of imidazole rings is 1. The van der Waals surface area contributed by atoms with Crippen molar-refractivity contribution in [2.45, 2.75) is 18.4 Å². The number of hydrogen-bond donors (Lipinski definition) is 1. The van der Waals surface area contributed by atoms with Crippen LogP contribution in [0.4, 0.5) is 0 Å². The van der Waals surface area contributed by atoms with Crippen molar-refractivity contribution in [2.24, 2.45) is 7.05 Å². The highest BCUT2D eigenvalue weighted by Gasteiger charge is 2.17. The molecule has 0 spiro atoms. The Labute approximate surface area is 166 Å². The molecule has 28 heavy (non-hydrogen) atoms. The van der Waals surface area contributed by atoms with Crippen LogP contribution in [-0.4, -0.2) is 22.5 Å². The summed E-state index contributed by atoms with van der Waals surface area (Å²) >= 11 is 1.03. The summed E-state index contributed by atoms with van der Waals surface area (Å²) in [5.41, 5.74) is 2.42. The molecule has 2 aromatic heterocycles. The molecular weight excluding hydrogens is 396 g/mol. The lowest BCUT2D eigenvalue weighted by atomic mass is 10.2. The van der Waals surface area contributed by atoms with Crippen LogP contribution in [-0.2, 0) is 23.6 Å². The molecule has 4 aromatic rings. The lowest BCUT2D eigenvalue weighted by Gasteiger charge is -2.13. The van der Waals surface area contributed by atoms with E-state index in [2.05, 4.69) is 9.71 Å². The minimum absolute atomic E-state index is 0.123. The Bertz CT molecular complexity index is 1330. The van der Waals surface area contributed by atoms with E-state index in [9.17, 15) is 13.2 Å². The highest BCUT2D eigenvalue weighted by Crippen LogP contribution is 2.22. The molecule has 144 valence electrons. The van der Waals surface area contributed by atoms with Gasteiger partial charge in [0.2, 0.25) is 10.0 Å². The number of aryl methyl sites for hydroxylation is 2. The molecule has 9 heteroatoms. The maximum atomic E-state index is 12.8. The van der Waals surface area contributed by atoms with Crippen LogP contribution in [0.5, 0.6) is 0 Å². The number of fused-ring (bicyclic) bond motifs is 1. The van der Waals surface area contributed by atoms with E-state index in [1.165, 1.54) is 16.7 Å². The summed E-state index contributed by atoms with van der Waals surface area (Å²) in [6.45, 7) is 2.03. The van der Waals surface area contributed by atoms with Gasteiger partial charge in [-0.3, -0.25) is 4.79 Å².